The van der Waals surface area contributed by atoms with Gasteiger partial charge in [0.05, 0.1) is 18.8 Å². The van der Waals surface area contributed by atoms with E-state index in [0.717, 1.165) is 21.4 Å². The molecule has 3 amide bonds. The zero-order chi connectivity index (χ0) is 44.4. The Labute approximate surface area is 347 Å². The van der Waals surface area contributed by atoms with Gasteiger partial charge in [-0.2, -0.15) is 23.2 Å². The number of ether oxygens (including phenoxy) is 3. The second-order valence-corrected chi connectivity index (χ2v) is 17.2. The van der Waals surface area contributed by atoms with Gasteiger partial charge in [-0.15, -0.1) is 10.2 Å². The maximum atomic E-state index is 14.4. The number of hydrogen-bond acceptors (Lipinski definition) is 11. The Hall–Kier alpha value is -6.26. The van der Waals surface area contributed by atoms with Gasteiger partial charge in [0.15, 0.2) is 17.3 Å². The van der Waals surface area contributed by atoms with Gasteiger partial charge in [0.25, 0.3) is 0 Å². The molecule has 0 spiro atoms. The van der Waals surface area contributed by atoms with Crippen LogP contribution in [0.15, 0.2) is 67.1 Å². The number of hydrogen-bond donors (Lipinski definition) is 1. The van der Waals surface area contributed by atoms with Crippen LogP contribution in [0.25, 0.3) is 10.8 Å². The number of anilines is 3. The quantitative estimate of drug-likeness (QED) is 0.141. The van der Waals surface area contributed by atoms with Crippen LogP contribution in [-0.4, -0.2) is 60.0 Å². The average molecular weight is 833 g/mol. The van der Waals surface area contributed by atoms with Crippen LogP contribution in [-0.2, 0) is 40.0 Å². The second kappa shape index (κ2) is 17.1. The van der Waals surface area contributed by atoms with E-state index in [1.165, 1.54) is 6.20 Å². The van der Waals surface area contributed by atoms with Gasteiger partial charge in [-0.3, -0.25) is 9.58 Å². The van der Waals surface area contributed by atoms with E-state index in [1.807, 2.05) is 24.4 Å². The Kier molecular flexibility index (Phi) is 12.8. The van der Waals surface area contributed by atoms with Crippen LogP contribution in [0.2, 0.25) is 0 Å². The number of rotatable bonds is 9. The topological polar surface area (TPSA) is 154 Å². The number of carbonyl (C=O) groups is 3. The molecule has 5 rings (SSSR count). The molecule has 0 saturated heterocycles. The molecule has 0 unspecified atom stereocenters. The fourth-order valence-electron chi connectivity index (χ4n) is 6.09. The van der Waals surface area contributed by atoms with Crippen LogP contribution in [0.3, 0.4) is 0 Å². The Morgan fingerprint density at radius 3 is 1.88 bits per heavy atom. The monoisotopic (exact) mass is 832 g/mol. The van der Waals surface area contributed by atoms with Crippen LogP contribution < -0.4 is 15.1 Å². The Bertz CT molecular complexity index is 2320. The van der Waals surface area contributed by atoms with Crippen LogP contribution in [0.4, 0.5) is 44.9 Å². The minimum Gasteiger partial charge on any atom is -0.443 e. The molecule has 0 atom stereocenters. The molecule has 2 aromatic carbocycles. The maximum Gasteiger partial charge on any atom is 0.437 e. The molecule has 0 saturated carbocycles. The summed E-state index contributed by atoms with van der Waals surface area (Å²) in [6.45, 7) is 18.8. The lowest BCUT2D eigenvalue weighted by Gasteiger charge is -2.29. The SMILES string of the molecule is Cc1cc2c(N(C(=O)OC(C)(C)C)C(=O)OC(C)(C)C)nccc2c(C)c1CN(C(=O)OC(C)(C)C)c1cc(NCc2ccc(Cn3cccn3)cc2)c(C(F)(F)F)nn1. The number of nitrogens with one attached hydrogen (secondary N) is 1. The number of fused-ring (bicyclic) bond motifs is 1. The largest absolute Gasteiger partial charge is 0.443 e. The summed E-state index contributed by atoms with van der Waals surface area (Å²) in [6.07, 6.45) is -2.83. The highest BCUT2D eigenvalue weighted by molar-refractivity contribution is 6.14. The van der Waals surface area contributed by atoms with Gasteiger partial charge in [-0.05, 0) is 128 Å². The van der Waals surface area contributed by atoms with Gasteiger partial charge >= 0.3 is 24.5 Å². The van der Waals surface area contributed by atoms with Crippen molar-refractivity contribution in [2.45, 2.75) is 119 Å². The fraction of sp³-hybridized carbons (Fsp3) is 0.419. The van der Waals surface area contributed by atoms with E-state index in [4.69, 9.17) is 14.2 Å². The number of benzene rings is 2. The predicted molar refractivity (Wildman–Crippen MR) is 221 cm³/mol. The maximum absolute atomic E-state index is 14.4. The number of aromatic nitrogens is 5. The highest BCUT2D eigenvalue weighted by Gasteiger charge is 2.38. The lowest BCUT2D eigenvalue weighted by molar-refractivity contribution is -0.141. The van der Waals surface area contributed by atoms with E-state index in [9.17, 15) is 27.6 Å². The minimum absolute atomic E-state index is 0.00552. The van der Waals surface area contributed by atoms with E-state index < -0.39 is 52.6 Å². The first-order chi connectivity index (χ1) is 27.8. The third-order valence-corrected chi connectivity index (χ3v) is 8.69. The molecule has 0 fully saturated rings. The molecule has 0 aliphatic carbocycles. The van der Waals surface area contributed by atoms with Crippen molar-refractivity contribution >= 4 is 46.4 Å². The normalized spacial score (nSPS) is 12.2. The molecule has 14 nitrogen and oxygen atoms in total. The zero-order valence-electron chi connectivity index (χ0n) is 35.7. The molecule has 0 radical (unpaired) electrons. The number of halogens is 3. The molecule has 5 aromatic rings. The number of alkyl halides is 3. The first-order valence-electron chi connectivity index (χ1n) is 19.2. The predicted octanol–water partition coefficient (Wildman–Crippen LogP) is 10.1. The molecule has 1 N–H and O–H groups in total. The first kappa shape index (κ1) is 44.8. The molecular weight excluding hydrogens is 782 g/mol. The van der Waals surface area contributed by atoms with Crippen molar-refractivity contribution in [2.24, 2.45) is 0 Å². The standard InChI is InChI=1S/C43H51F3N8O6/c1-26-21-31-30(17-19-47-36(31)54(38(56)59-41(6,7)8)39(57)60-42(9,10)11)27(2)32(26)25-53(37(55)58-40(3,4)5)34-22-33(35(51-50-34)43(44,45)46)48-23-28-13-15-29(16-14-28)24-52-20-12-18-49-52/h12-22H,23-25H2,1-11H3,(H,48,50). The number of pyridine rings is 1. The van der Waals surface area contributed by atoms with Gasteiger partial charge in [-0.25, -0.2) is 19.4 Å². The summed E-state index contributed by atoms with van der Waals surface area (Å²) in [7, 11) is 0. The lowest BCUT2D eigenvalue weighted by Crippen LogP contribution is -2.44. The molecule has 0 aliphatic rings. The van der Waals surface area contributed by atoms with Crippen molar-refractivity contribution in [3.05, 3.63) is 101 Å². The minimum atomic E-state index is -4.87. The van der Waals surface area contributed by atoms with E-state index in [0.29, 0.717) is 39.6 Å². The summed E-state index contributed by atoms with van der Waals surface area (Å²) in [5.74, 6) is -0.251. The van der Waals surface area contributed by atoms with Gasteiger partial charge in [0.1, 0.15) is 16.8 Å². The van der Waals surface area contributed by atoms with Gasteiger partial charge in [0, 0.05) is 36.6 Å². The summed E-state index contributed by atoms with van der Waals surface area (Å²) >= 11 is 0. The van der Waals surface area contributed by atoms with Crippen LogP contribution in [0.5, 0.6) is 0 Å². The van der Waals surface area contributed by atoms with E-state index in [2.05, 4.69) is 25.6 Å². The Balaban J connectivity index is 1.55. The van der Waals surface area contributed by atoms with Crippen LogP contribution >= 0.6 is 0 Å². The summed E-state index contributed by atoms with van der Waals surface area (Å²) in [5, 5.41) is 15.5. The van der Waals surface area contributed by atoms with Crippen molar-refractivity contribution < 1.29 is 41.8 Å². The smallest absolute Gasteiger partial charge is 0.437 e. The van der Waals surface area contributed by atoms with Gasteiger partial charge in [0.2, 0.25) is 0 Å². The van der Waals surface area contributed by atoms with Crippen molar-refractivity contribution in [2.75, 3.05) is 15.1 Å². The van der Waals surface area contributed by atoms with Crippen molar-refractivity contribution in [3.63, 3.8) is 0 Å². The summed E-state index contributed by atoms with van der Waals surface area (Å²) in [5.41, 5.74) is -1.13. The van der Waals surface area contributed by atoms with Crippen LogP contribution in [0, 0.1) is 13.8 Å². The fourth-order valence-corrected chi connectivity index (χ4v) is 6.09. The third kappa shape index (κ3) is 11.5. The summed E-state index contributed by atoms with van der Waals surface area (Å²) < 4.78 is 61.7. The molecule has 0 aliphatic heterocycles. The molecule has 3 heterocycles. The molecular formula is C43H51F3N8O6. The molecule has 60 heavy (non-hydrogen) atoms. The molecule has 320 valence electrons. The summed E-state index contributed by atoms with van der Waals surface area (Å²) in [4.78, 5) is 47.4. The van der Waals surface area contributed by atoms with Gasteiger partial charge < -0.3 is 19.5 Å². The third-order valence-electron chi connectivity index (χ3n) is 8.69. The van der Waals surface area contributed by atoms with Crippen molar-refractivity contribution in [1.82, 2.24) is 25.0 Å². The molecule has 3 aromatic heterocycles. The number of amides is 3. The number of nitrogens with zero attached hydrogens (tertiary/aromatic N) is 7. The zero-order valence-corrected chi connectivity index (χ0v) is 35.7. The number of carbonyl (C=O) groups excluding carboxylic acids is 3. The van der Waals surface area contributed by atoms with E-state index >= 15 is 0 Å². The van der Waals surface area contributed by atoms with Crippen molar-refractivity contribution in [1.29, 1.82) is 0 Å². The number of aryl methyl sites for hydroxylation is 2. The van der Waals surface area contributed by atoms with Gasteiger partial charge in [-0.1, -0.05) is 24.3 Å². The van der Waals surface area contributed by atoms with Crippen LogP contribution in [0.1, 0.15) is 95.8 Å². The van der Waals surface area contributed by atoms with E-state index in [1.54, 1.807) is 111 Å². The van der Waals surface area contributed by atoms with E-state index in [-0.39, 0.29) is 24.7 Å². The number of imide groups is 1. The highest BCUT2D eigenvalue weighted by Crippen LogP contribution is 2.37. The Morgan fingerprint density at radius 2 is 1.33 bits per heavy atom. The summed E-state index contributed by atoms with van der Waals surface area (Å²) in [6, 6.07) is 13.6. The van der Waals surface area contributed by atoms with Crippen molar-refractivity contribution in [3.8, 4) is 0 Å². The lowest BCUT2D eigenvalue weighted by atomic mass is 9.95. The first-order valence-corrected chi connectivity index (χ1v) is 19.2. The average Bonchev–Trinajstić information content (AvgIpc) is 3.62. The molecule has 17 heteroatoms. The Morgan fingerprint density at radius 1 is 0.750 bits per heavy atom. The second-order valence-electron chi connectivity index (χ2n) is 17.2. The molecule has 0 bridgehead atoms. The highest BCUT2D eigenvalue weighted by atomic mass is 19.4.